The summed E-state index contributed by atoms with van der Waals surface area (Å²) in [5.74, 6) is -0.788. The molecule has 2 N–H and O–H groups in total. The van der Waals surface area contributed by atoms with Gasteiger partial charge in [-0.15, -0.1) is 0 Å². The fourth-order valence-electron chi connectivity index (χ4n) is 2.30. The summed E-state index contributed by atoms with van der Waals surface area (Å²) in [5.41, 5.74) is 3.00. The highest BCUT2D eigenvalue weighted by Crippen LogP contribution is 2.08. The molecule has 0 aromatic heterocycles. The Balaban J connectivity index is 1.62. The maximum absolute atomic E-state index is 11.6. The van der Waals surface area contributed by atoms with E-state index >= 15 is 0 Å². The minimum Gasteiger partial charge on any atom is -0.481 e. The molecular formula is C21H23NO4. The van der Waals surface area contributed by atoms with Crippen LogP contribution in [-0.2, 0) is 22.6 Å². The molecule has 0 aliphatic rings. The van der Waals surface area contributed by atoms with Crippen molar-refractivity contribution in [1.82, 2.24) is 5.32 Å². The van der Waals surface area contributed by atoms with Crippen LogP contribution in [0.5, 0.6) is 0 Å². The van der Waals surface area contributed by atoms with E-state index in [-0.39, 0.29) is 13.0 Å². The van der Waals surface area contributed by atoms with Gasteiger partial charge < -0.3 is 15.2 Å². The molecule has 0 saturated carbocycles. The fraction of sp³-hybridized carbons (Fsp3) is 0.238. The zero-order valence-electron chi connectivity index (χ0n) is 14.6. The molecule has 0 spiro atoms. The maximum Gasteiger partial charge on any atom is 0.407 e. The van der Waals surface area contributed by atoms with Crippen molar-refractivity contribution < 1.29 is 19.4 Å². The second kappa shape index (κ2) is 10.7. The van der Waals surface area contributed by atoms with Crippen LogP contribution in [0.1, 0.15) is 29.5 Å². The minimum absolute atomic E-state index is 0.140. The van der Waals surface area contributed by atoms with E-state index in [0.29, 0.717) is 19.4 Å². The molecule has 2 aromatic rings. The summed E-state index contributed by atoms with van der Waals surface area (Å²) in [6.07, 6.45) is 4.89. The molecule has 0 saturated heterocycles. The monoisotopic (exact) mass is 353 g/mol. The summed E-state index contributed by atoms with van der Waals surface area (Å²) in [6.45, 7) is 0.761. The van der Waals surface area contributed by atoms with Gasteiger partial charge >= 0.3 is 12.1 Å². The summed E-state index contributed by atoms with van der Waals surface area (Å²) < 4.78 is 5.13. The van der Waals surface area contributed by atoms with Gasteiger partial charge in [-0.1, -0.05) is 66.7 Å². The lowest BCUT2D eigenvalue weighted by Crippen LogP contribution is -2.24. The Morgan fingerprint density at radius 2 is 1.73 bits per heavy atom. The molecule has 26 heavy (non-hydrogen) atoms. The van der Waals surface area contributed by atoms with Crippen molar-refractivity contribution in [2.75, 3.05) is 6.54 Å². The lowest BCUT2D eigenvalue weighted by atomic mass is 10.1. The third-order valence-electron chi connectivity index (χ3n) is 3.71. The van der Waals surface area contributed by atoms with Gasteiger partial charge in [-0.05, 0) is 29.5 Å². The largest absolute Gasteiger partial charge is 0.481 e. The molecule has 0 aliphatic carbocycles. The molecule has 2 rings (SSSR count). The number of carboxylic acid groups (broad SMARTS) is 1. The van der Waals surface area contributed by atoms with Crippen molar-refractivity contribution >= 4 is 18.1 Å². The fourth-order valence-corrected chi connectivity index (χ4v) is 2.30. The SMILES string of the molecule is O=C(O)CCc1ccc(C=CCCNC(=O)OCc2ccccc2)cc1. The van der Waals surface area contributed by atoms with E-state index in [0.717, 1.165) is 16.7 Å². The Morgan fingerprint density at radius 1 is 1.00 bits per heavy atom. The van der Waals surface area contributed by atoms with Crippen LogP contribution in [0.3, 0.4) is 0 Å². The molecular weight excluding hydrogens is 330 g/mol. The molecule has 0 aliphatic heterocycles. The maximum atomic E-state index is 11.6. The van der Waals surface area contributed by atoms with E-state index in [1.807, 2.05) is 66.7 Å². The number of carboxylic acids is 1. The number of rotatable bonds is 9. The molecule has 0 heterocycles. The first-order valence-electron chi connectivity index (χ1n) is 8.55. The first-order chi connectivity index (χ1) is 12.6. The van der Waals surface area contributed by atoms with Gasteiger partial charge in [0, 0.05) is 13.0 Å². The predicted molar refractivity (Wildman–Crippen MR) is 101 cm³/mol. The van der Waals surface area contributed by atoms with Crippen molar-refractivity contribution in [3.05, 3.63) is 77.4 Å². The van der Waals surface area contributed by atoms with Gasteiger partial charge in [0.2, 0.25) is 0 Å². The number of benzene rings is 2. The molecule has 0 fully saturated rings. The zero-order chi connectivity index (χ0) is 18.6. The quantitative estimate of drug-likeness (QED) is 0.667. The third-order valence-corrected chi connectivity index (χ3v) is 3.71. The lowest BCUT2D eigenvalue weighted by molar-refractivity contribution is -0.136. The number of hydrogen-bond acceptors (Lipinski definition) is 3. The van der Waals surface area contributed by atoms with Crippen molar-refractivity contribution in [3.8, 4) is 0 Å². The van der Waals surface area contributed by atoms with E-state index in [4.69, 9.17) is 9.84 Å². The number of aliphatic carboxylic acids is 1. The number of hydrogen-bond donors (Lipinski definition) is 2. The van der Waals surface area contributed by atoms with E-state index in [1.54, 1.807) is 0 Å². The van der Waals surface area contributed by atoms with E-state index in [1.165, 1.54) is 0 Å². The Hall–Kier alpha value is -3.08. The van der Waals surface area contributed by atoms with Crippen LogP contribution in [0.25, 0.3) is 6.08 Å². The van der Waals surface area contributed by atoms with Crippen LogP contribution in [0.4, 0.5) is 4.79 Å². The normalized spacial score (nSPS) is 10.6. The number of alkyl carbamates (subject to hydrolysis) is 1. The number of nitrogens with one attached hydrogen (secondary N) is 1. The number of carbonyl (C=O) groups excluding carboxylic acids is 1. The Bertz CT molecular complexity index is 723. The van der Waals surface area contributed by atoms with Crippen molar-refractivity contribution in [2.24, 2.45) is 0 Å². The van der Waals surface area contributed by atoms with Crippen molar-refractivity contribution in [1.29, 1.82) is 0 Å². The molecule has 0 bridgehead atoms. The van der Waals surface area contributed by atoms with Gasteiger partial charge in [-0.25, -0.2) is 4.79 Å². The predicted octanol–water partition coefficient (Wildman–Crippen LogP) is 4.03. The number of amides is 1. The van der Waals surface area contributed by atoms with Crippen LogP contribution in [0, 0.1) is 0 Å². The molecule has 0 unspecified atom stereocenters. The molecule has 0 radical (unpaired) electrons. The first-order valence-corrected chi connectivity index (χ1v) is 8.55. The van der Waals surface area contributed by atoms with Crippen LogP contribution < -0.4 is 5.32 Å². The topological polar surface area (TPSA) is 75.6 Å². The molecule has 0 atom stereocenters. The van der Waals surface area contributed by atoms with Crippen molar-refractivity contribution in [2.45, 2.75) is 25.9 Å². The first kappa shape index (κ1) is 19.2. The Kier molecular flexibility index (Phi) is 7.93. The van der Waals surface area contributed by atoms with Gasteiger partial charge in [-0.3, -0.25) is 4.79 Å². The average Bonchev–Trinajstić information content (AvgIpc) is 2.66. The standard InChI is InChI=1S/C21H23NO4/c23-20(24)14-13-18-11-9-17(10-12-18)6-4-5-15-22-21(25)26-16-19-7-2-1-3-8-19/h1-4,6-12H,5,13-16H2,(H,22,25)(H,23,24). The molecule has 136 valence electrons. The molecule has 5 nitrogen and oxygen atoms in total. The summed E-state index contributed by atoms with van der Waals surface area (Å²) in [6, 6.07) is 17.3. The number of ether oxygens (including phenoxy) is 1. The molecule has 5 heteroatoms. The zero-order valence-corrected chi connectivity index (χ0v) is 14.6. The second-order valence-electron chi connectivity index (χ2n) is 5.81. The smallest absolute Gasteiger partial charge is 0.407 e. The number of carbonyl (C=O) groups is 2. The third kappa shape index (κ3) is 7.66. The summed E-state index contributed by atoms with van der Waals surface area (Å²) >= 11 is 0. The number of aryl methyl sites for hydroxylation is 1. The van der Waals surface area contributed by atoms with Crippen molar-refractivity contribution in [3.63, 3.8) is 0 Å². The van der Waals surface area contributed by atoms with Gasteiger partial charge in [0.15, 0.2) is 0 Å². The average molecular weight is 353 g/mol. The Labute approximate surface area is 153 Å². The van der Waals surface area contributed by atoms with Gasteiger partial charge in [0.25, 0.3) is 0 Å². The Morgan fingerprint density at radius 3 is 2.42 bits per heavy atom. The molecule has 2 aromatic carbocycles. The summed E-state index contributed by atoms with van der Waals surface area (Å²) in [4.78, 5) is 22.2. The summed E-state index contributed by atoms with van der Waals surface area (Å²) in [7, 11) is 0. The molecule has 1 amide bonds. The summed E-state index contributed by atoms with van der Waals surface area (Å²) in [5, 5.41) is 11.4. The highest BCUT2D eigenvalue weighted by molar-refractivity contribution is 5.67. The van der Waals surface area contributed by atoms with Gasteiger partial charge in [0.05, 0.1) is 0 Å². The van der Waals surface area contributed by atoms with Crippen LogP contribution in [0.2, 0.25) is 0 Å². The van der Waals surface area contributed by atoms with Crippen LogP contribution in [0.15, 0.2) is 60.7 Å². The van der Waals surface area contributed by atoms with Crippen LogP contribution >= 0.6 is 0 Å². The van der Waals surface area contributed by atoms with Gasteiger partial charge in [0.1, 0.15) is 6.61 Å². The van der Waals surface area contributed by atoms with E-state index in [2.05, 4.69) is 5.32 Å². The minimum atomic E-state index is -0.788. The van der Waals surface area contributed by atoms with E-state index < -0.39 is 12.1 Å². The highest BCUT2D eigenvalue weighted by atomic mass is 16.5. The highest BCUT2D eigenvalue weighted by Gasteiger charge is 2.01. The second-order valence-corrected chi connectivity index (χ2v) is 5.81. The van der Waals surface area contributed by atoms with Gasteiger partial charge in [-0.2, -0.15) is 0 Å². The lowest BCUT2D eigenvalue weighted by Gasteiger charge is -2.05. The van der Waals surface area contributed by atoms with Crippen LogP contribution in [-0.4, -0.2) is 23.7 Å². The van der Waals surface area contributed by atoms with E-state index in [9.17, 15) is 9.59 Å².